The van der Waals surface area contributed by atoms with E-state index in [1.165, 1.54) is 0 Å². The van der Waals surface area contributed by atoms with E-state index in [1.54, 1.807) is 24.4 Å². The number of fused-ring (bicyclic) bond motifs is 1. The van der Waals surface area contributed by atoms with Crippen LogP contribution in [0.3, 0.4) is 0 Å². The van der Waals surface area contributed by atoms with Crippen LogP contribution in [-0.2, 0) is 11.3 Å². The average molecular weight is 348 g/mol. The number of benzene rings is 1. The molecule has 24 heavy (non-hydrogen) atoms. The smallest absolute Gasteiger partial charge is 0.257 e. The highest BCUT2D eigenvalue weighted by Crippen LogP contribution is 2.18. The first-order valence-corrected chi connectivity index (χ1v) is 8.27. The van der Waals surface area contributed by atoms with Gasteiger partial charge in [-0.05, 0) is 31.5 Å². The van der Waals surface area contributed by atoms with E-state index in [9.17, 15) is 14.4 Å². The third-order valence-electron chi connectivity index (χ3n) is 4.23. The van der Waals surface area contributed by atoms with Crippen molar-refractivity contribution in [3.63, 3.8) is 0 Å². The number of hydrogen-bond donors (Lipinski definition) is 2. The van der Waals surface area contributed by atoms with Crippen LogP contribution in [0, 0.1) is 0 Å². The Morgan fingerprint density at radius 2 is 2.21 bits per heavy atom. The molecule has 1 saturated heterocycles. The molecule has 1 aliphatic heterocycles. The van der Waals surface area contributed by atoms with E-state index < -0.39 is 5.91 Å². The van der Waals surface area contributed by atoms with E-state index in [0.717, 1.165) is 5.52 Å². The van der Waals surface area contributed by atoms with Gasteiger partial charge in [0.05, 0.1) is 5.52 Å². The quantitative estimate of drug-likeness (QED) is 0.886. The zero-order valence-electron chi connectivity index (χ0n) is 13.3. The van der Waals surface area contributed by atoms with Crippen LogP contribution in [0.15, 0.2) is 29.2 Å². The van der Waals surface area contributed by atoms with E-state index >= 15 is 0 Å². The zero-order valence-corrected chi connectivity index (χ0v) is 14.0. The molecule has 1 fully saturated rings. The largest absolute Gasteiger partial charge is 0.354 e. The molecule has 2 N–H and O–H groups in total. The number of rotatable bonds is 3. The average Bonchev–Trinajstić information content (AvgIpc) is 2.57. The van der Waals surface area contributed by atoms with E-state index in [-0.39, 0.29) is 22.9 Å². The second-order valence-corrected chi connectivity index (χ2v) is 6.27. The molecule has 2 heterocycles. The van der Waals surface area contributed by atoms with Gasteiger partial charge in [0.25, 0.3) is 5.91 Å². The third kappa shape index (κ3) is 3.14. The molecule has 1 aromatic heterocycles. The summed E-state index contributed by atoms with van der Waals surface area (Å²) in [5.74, 6) is -0.445. The van der Waals surface area contributed by atoms with Crippen molar-refractivity contribution in [1.29, 1.82) is 0 Å². The Hall–Kier alpha value is -2.34. The molecular weight excluding hydrogens is 330 g/mol. The van der Waals surface area contributed by atoms with Crippen molar-refractivity contribution in [2.45, 2.75) is 32.4 Å². The maximum atomic E-state index is 12.7. The molecule has 0 saturated carbocycles. The molecule has 7 heteroatoms. The molecule has 6 nitrogen and oxygen atoms in total. The SMILES string of the molecule is CCn1cc(C(=O)N[C@@H]2CCC(=O)NC2)c(=O)c2cc(Cl)ccc21. The maximum absolute atomic E-state index is 12.7. The van der Waals surface area contributed by atoms with Crippen LogP contribution in [0.1, 0.15) is 30.1 Å². The molecule has 0 unspecified atom stereocenters. The minimum atomic E-state index is -0.426. The highest BCUT2D eigenvalue weighted by atomic mass is 35.5. The van der Waals surface area contributed by atoms with E-state index in [0.29, 0.717) is 36.3 Å². The van der Waals surface area contributed by atoms with Gasteiger partial charge in [0.1, 0.15) is 5.56 Å². The van der Waals surface area contributed by atoms with E-state index in [4.69, 9.17) is 11.6 Å². The van der Waals surface area contributed by atoms with Gasteiger partial charge in [-0.2, -0.15) is 0 Å². The van der Waals surface area contributed by atoms with Crippen LogP contribution in [0.2, 0.25) is 5.02 Å². The van der Waals surface area contributed by atoms with Gasteiger partial charge in [-0.3, -0.25) is 14.4 Å². The van der Waals surface area contributed by atoms with Crippen LogP contribution >= 0.6 is 11.6 Å². The van der Waals surface area contributed by atoms with Gasteiger partial charge < -0.3 is 15.2 Å². The number of halogens is 1. The van der Waals surface area contributed by atoms with Crippen molar-refractivity contribution in [1.82, 2.24) is 15.2 Å². The molecule has 0 bridgehead atoms. The number of aromatic nitrogens is 1. The third-order valence-corrected chi connectivity index (χ3v) is 4.46. The topological polar surface area (TPSA) is 80.2 Å². The summed E-state index contributed by atoms with van der Waals surface area (Å²) in [7, 11) is 0. The molecule has 126 valence electrons. The number of carbonyl (C=O) groups excluding carboxylic acids is 2. The maximum Gasteiger partial charge on any atom is 0.257 e. The van der Waals surface area contributed by atoms with Crippen molar-refractivity contribution in [2.24, 2.45) is 0 Å². The second kappa shape index (κ2) is 6.65. The van der Waals surface area contributed by atoms with Crippen molar-refractivity contribution in [3.8, 4) is 0 Å². The predicted molar refractivity (Wildman–Crippen MR) is 92.4 cm³/mol. The Kier molecular flexibility index (Phi) is 4.57. The Balaban J connectivity index is 1.96. The zero-order chi connectivity index (χ0) is 17.3. The molecule has 1 aliphatic rings. The van der Waals surface area contributed by atoms with Crippen molar-refractivity contribution in [2.75, 3.05) is 6.54 Å². The summed E-state index contributed by atoms with van der Waals surface area (Å²) in [6.45, 7) is 2.95. The summed E-state index contributed by atoms with van der Waals surface area (Å²) in [5, 5.41) is 6.41. The number of nitrogens with zero attached hydrogens (tertiary/aromatic N) is 1. The first kappa shape index (κ1) is 16.5. The van der Waals surface area contributed by atoms with Crippen LogP contribution in [-0.4, -0.2) is 29.0 Å². The van der Waals surface area contributed by atoms with Gasteiger partial charge in [0, 0.05) is 42.2 Å². The van der Waals surface area contributed by atoms with Gasteiger partial charge in [-0.15, -0.1) is 0 Å². The lowest BCUT2D eigenvalue weighted by molar-refractivity contribution is -0.122. The molecule has 1 atom stereocenters. The molecular formula is C17H18ClN3O3. The summed E-state index contributed by atoms with van der Waals surface area (Å²) in [6, 6.07) is 4.92. The van der Waals surface area contributed by atoms with Gasteiger partial charge in [-0.25, -0.2) is 0 Å². The Labute approximate surface area is 143 Å². The number of pyridine rings is 1. The lowest BCUT2D eigenvalue weighted by atomic mass is 10.1. The monoisotopic (exact) mass is 347 g/mol. The van der Waals surface area contributed by atoms with Gasteiger partial charge in [0.2, 0.25) is 11.3 Å². The molecule has 1 aromatic carbocycles. The standard InChI is InChI=1S/C17H18ClN3O3/c1-2-21-9-13(16(23)12-7-10(18)3-5-14(12)21)17(24)20-11-4-6-15(22)19-8-11/h3,5,7,9,11H,2,4,6,8H2,1H3,(H,19,22)(H,20,24)/t11-/m1/s1. The Morgan fingerprint density at radius 3 is 2.88 bits per heavy atom. The van der Waals surface area contributed by atoms with Crippen molar-refractivity contribution in [3.05, 3.63) is 45.2 Å². The minimum absolute atomic E-state index is 0.0193. The van der Waals surface area contributed by atoms with E-state index in [2.05, 4.69) is 10.6 Å². The molecule has 0 radical (unpaired) electrons. The number of amides is 2. The highest BCUT2D eigenvalue weighted by molar-refractivity contribution is 6.31. The summed E-state index contributed by atoms with van der Waals surface area (Å²) in [5.41, 5.74) is 0.492. The fourth-order valence-electron chi connectivity index (χ4n) is 2.91. The fourth-order valence-corrected chi connectivity index (χ4v) is 3.08. The summed E-state index contributed by atoms with van der Waals surface area (Å²) < 4.78 is 1.85. The van der Waals surface area contributed by atoms with Crippen molar-refractivity contribution >= 4 is 34.3 Å². The first-order valence-electron chi connectivity index (χ1n) is 7.90. The predicted octanol–water partition coefficient (Wildman–Crippen LogP) is 1.68. The highest BCUT2D eigenvalue weighted by Gasteiger charge is 2.22. The van der Waals surface area contributed by atoms with Crippen LogP contribution in [0.5, 0.6) is 0 Å². The number of nitrogens with one attached hydrogen (secondary N) is 2. The molecule has 2 aromatic rings. The molecule has 0 spiro atoms. The lowest BCUT2D eigenvalue weighted by Crippen LogP contribution is -2.48. The van der Waals surface area contributed by atoms with Gasteiger partial charge in [-0.1, -0.05) is 11.6 Å². The molecule has 3 rings (SSSR count). The normalized spacial score (nSPS) is 17.6. The molecule has 2 amide bonds. The minimum Gasteiger partial charge on any atom is -0.354 e. The Morgan fingerprint density at radius 1 is 1.42 bits per heavy atom. The number of hydrogen-bond acceptors (Lipinski definition) is 3. The van der Waals surface area contributed by atoms with Gasteiger partial charge >= 0.3 is 0 Å². The van der Waals surface area contributed by atoms with Crippen LogP contribution in [0.4, 0.5) is 0 Å². The fraction of sp³-hybridized carbons (Fsp3) is 0.353. The summed E-state index contributed by atoms with van der Waals surface area (Å²) in [6.07, 6.45) is 2.52. The van der Waals surface area contributed by atoms with E-state index in [1.807, 2.05) is 11.5 Å². The number of piperidine rings is 1. The van der Waals surface area contributed by atoms with Gasteiger partial charge in [0.15, 0.2) is 0 Å². The molecule has 0 aliphatic carbocycles. The Bertz CT molecular complexity index is 865. The summed E-state index contributed by atoms with van der Waals surface area (Å²) in [4.78, 5) is 36.4. The first-order chi connectivity index (χ1) is 11.5. The van der Waals surface area contributed by atoms with Crippen LogP contribution < -0.4 is 16.1 Å². The summed E-state index contributed by atoms with van der Waals surface area (Å²) >= 11 is 6.00. The lowest BCUT2D eigenvalue weighted by Gasteiger charge is -2.23. The van der Waals surface area contributed by atoms with Crippen molar-refractivity contribution < 1.29 is 9.59 Å². The second-order valence-electron chi connectivity index (χ2n) is 5.83. The van der Waals surface area contributed by atoms with Crippen LogP contribution in [0.25, 0.3) is 10.9 Å². The number of aryl methyl sites for hydroxylation is 1. The number of carbonyl (C=O) groups is 2.